The van der Waals surface area contributed by atoms with Crippen LogP contribution in [-0.4, -0.2) is 31.4 Å². The van der Waals surface area contributed by atoms with E-state index in [0.717, 1.165) is 42.7 Å². The van der Waals surface area contributed by atoms with Gasteiger partial charge in [0.05, 0.1) is 0 Å². The fraction of sp³-hybridized carbons (Fsp3) is 0.235. The Morgan fingerprint density at radius 3 is 2.33 bits per heavy atom. The zero-order valence-electron chi connectivity index (χ0n) is 22.0. The molecule has 1 fully saturated rings. The molecule has 0 radical (unpaired) electrons. The van der Waals surface area contributed by atoms with Gasteiger partial charge < -0.3 is 15.5 Å². The second kappa shape index (κ2) is 10.9. The molecular weight excluding hydrogens is 482 g/mol. The summed E-state index contributed by atoms with van der Waals surface area (Å²) in [4.78, 5) is 28.9. The molecule has 2 N–H and O–H groups in total. The van der Waals surface area contributed by atoms with Gasteiger partial charge in [0.15, 0.2) is 0 Å². The lowest BCUT2D eigenvalue weighted by Crippen LogP contribution is -2.42. The lowest BCUT2D eigenvalue weighted by Gasteiger charge is -2.37. The van der Waals surface area contributed by atoms with Gasteiger partial charge in [-0.3, -0.25) is 9.59 Å². The maximum absolute atomic E-state index is 13.8. The minimum Gasteiger partial charge on any atom is -0.322 e. The number of amides is 2. The maximum atomic E-state index is 13.8. The van der Waals surface area contributed by atoms with Crippen molar-refractivity contribution < 1.29 is 9.59 Å². The lowest BCUT2D eigenvalue weighted by molar-refractivity contribution is 0.0981. The monoisotopic (exact) mass is 515 g/mol. The molecule has 2 aliphatic heterocycles. The first-order valence-electron chi connectivity index (χ1n) is 13.8. The number of hydrogen-bond donors (Lipinski definition) is 2. The van der Waals surface area contributed by atoms with E-state index in [4.69, 9.17) is 0 Å². The molecule has 39 heavy (non-hydrogen) atoms. The molecule has 2 aliphatic rings. The third-order valence-electron chi connectivity index (χ3n) is 8.17. The number of nitrogens with zero attached hydrogens (tertiary/aromatic N) is 1. The molecule has 6 rings (SSSR count). The largest absolute Gasteiger partial charge is 0.322 e. The highest BCUT2D eigenvalue weighted by Crippen LogP contribution is 2.40. The highest BCUT2D eigenvalue weighted by molar-refractivity contribution is 6.09. The van der Waals surface area contributed by atoms with Crippen LogP contribution >= 0.6 is 0 Å². The van der Waals surface area contributed by atoms with Crippen LogP contribution in [-0.2, 0) is 6.42 Å². The van der Waals surface area contributed by atoms with Crippen molar-refractivity contribution in [1.82, 2.24) is 5.32 Å². The van der Waals surface area contributed by atoms with E-state index in [1.165, 1.54) is 18.4 Å². The Morgan fingerprint density at radius 1 is 0.795 bits per heavy atom. The van der Waals surface area contributed by atoms with Gasteiger partial charge in [0.25, 0.3) is 11.8 Å². The molecule has 0 saturated carbocycles. The van der Waals surface area contributed by atoms with Gasteiger partial charge in [0, 0.05) is 35.6 Å². The van der Waals surface area contributed by atoms with Crippen LogP contribution in [0.5, 0.6) is 0 Å². The number of benzene rings is 4. The number of rotatable bonds is 4. The minimum absolute atomic E-state index is 0.00410. The summed E-state index contributed by atoms with van der Waals surface area (Å²) in [5.41, 5.74) is 6.21. The number of para-hydroxylation sites is 1. The third-order valence-corrected chi connectivity index (χ3v) is 8.17. The molecule has 1 unspecified atom stereocenters. The van der Waals surface area contributed by atoms with Crippen LogP contribution in [0.2, 0.25) is 0 Å². The Hall–Kier alpha value is -4.22. The first-order valence-corrected chi connectivity index (χ1v) is 13.8. The van der Waals surface area contributed by atoms with E-state index in [2.05, 4.69) is 28.8 Å². The van der Waals surface area contributed by atoms with Gasteiger partial charge in [0.1, 0.15) is 0 Å². The Balaban J connectivity index is 1.20. The van der Waals surface area contributed by atoms with Crippen molar-refractivity contribution in [2.75, 3.05) is 29.9 Å². The number of fused-ring (bicyclic) bond motifs is 1. The third kappa shape index (κ3) is 5.23. The Kier molecular flexibility index (Phi) is 6.99. The number of nitrogens with one attached hydrogen (secondary N) is 2. The molecule has 5 nitrogen and oxygen atoms in total. The molecule has 4 aromatic rings. The fourth-order valence-corrected chi connectivity index (χ4v) is 6.09. The van der Waals surface area contributed by atoms with Crippen LogP contribution in [0.25, 0.3) is 11.1 Å². The molecule has 196 valence electrons. The molecule has 2 amide bonds. The lowest BCUT2D eigenvalue weighted by atomic mass is 9.74. The summed E-state index contributed by atoms with van der Waals surface area (Å²) in [6.07, 6.45) is 4.35. The summed E-state index contributed by atoms with van der Waals surface area (Å²) < 4.78 is 0. The average molecular weight is 516 g/mol. The predicted octanol–water partition coefficient (Wildman–Crippen LogP) is 6.57. The van der Waals surface area contributed by atoms with Crippen molar-refractivity contribution in [2.45, 2.75) is 25.7 Å². The second-order valence-corrected chi connectivity index (χ2v) is 10.7. The predicted molar refractivity (Wildman–Crippen MR) is 157 cm³/mol. The number of anilines is 2. The summed E-state index contributed by atoms with van der Waals surface area (Å²) >= 11 is 0. The van der Waals surface area contributed by atoms with Crippen molar-refractivity contribution in [1.29, 1.82) is 0 Å². The van der Waals surface area contributed by atoms with E-state index in [0.29, 0.717) is 23.4 Å². The Morgan fingerprint density at radius 2 is 1.54 bits per heavy atom. The summed E-state index contributed by atoms with van der Waals surface area (Å²) in [6.45, 7) is 2.78. The molecule has 5 heteroatoms. The summed E-state index contributed by atoms with van der Waals surface area (Å²) in [6, 6.07) is 33.1. The number of hydrogen-bond acceptors (Lipinski definition) is 3. The molecule has 2 heterocycles. The molecule has 1 spiro atoms. The average Bonchev–Trinajstić information content (AvgIpc) is 3.14. The minimum atomic E-state index is -0.179. The van der Waals surface area contributed by atoms with Gasteiger partial charge in [-0.2, -0.15) is 0 Å². The molecule has 0 aliphatic carbocycles. The van der Waals surface area contributed by atoms with E-state index in [1.54, 1.807) is 0 Å². The van der Waals surface area contributed by atoms with Crippen molar-refractivity contribution in [3.63, 3.8) is 0 Å². The van der Waals surface area contributed by atoms with Gasteiger partial charge in [-0.15, -0.1) is 0 Å². The Bertz CT molecular complexity index is 1470. The molecular formula is C34H33N3O2. The molecule has 1 atom stereocenters. The fourth-order valence-electron chi connectivity index (χ4n) is 6.09. The topological polar surface area (TPSA) is 61.4 Å². The first kappa shape index (κ1) is 25.1. The normalized spacial score (nSPS) is 18.7. The van der Waals surface area contributed by atoms with Crippen LogP contribution in [0.3, 0.4) is 0 Å². The zero-order valence-corrected chi connectivity index (χ0v) is 22.0. The van der Waals surface area contributed by atoms with Gasteiger partial charge in [0.2, 0.25) is 0 Å². The van der Waals surface area contributed by atoms with Gasteiger partial charge in [-0.1, -0.05) is 66.7 Å². The quantitative estimate of drug-likeness (QED) is 0.323. The van der Waals surface area contributed by atoms with Crippen LogP contribution < -0.4 is 15.5 Å². The Labute approximate surface area is 229 Å². The van der Waals surface area contributed by atoms with Gasteiger partial charge in [-0.05, 0) is 90.7 Å². The zero-order chi connectivity index (χ0) is 26.7. The van der Waals surface area contributed by atoms with E-state index in [9.17, 15) is 9.59 Å². The molecule has 1 saturated heterocycles. The highest BCUT2D eigenvalue weighted by atomic mass is 16.2. The summed E-state index contributed by atoms with van der Waals surface area (Å²) in [5.74, 6) is -0.183. The summed E-state index contributed by atoms with van der Waals surface area (Å²) in [5, 5.41) is 6.60. The number of piperidine rings is 1. The molecule has 0 aromatic heterocycles. The van der Waals surface area contributed by atoms with E-state index in [-0.39, 0.29) is 17.2 Å². The van der Waals surface area contributed by atoms with Crippen molar-refractivity contribution in [3.8, 4) is 11.1 Å². The second-order valence-electron chi connectivity index (χ2n) is 10.7. The van der Waals surface area contributed by atoms with E-state index in [1.807, 2.05) is 89.8 Å². The molecule has 4 aromatic carbocycles. The van der Waals surface area contributed by atoms with Crippen molar-refractivity contribution in [3.05, 3.63) is 120 Å². The number of carbonyl (C=O) groups is 2. The van der Waals surface area contributed by atoms with Crippen LogP contribution in [0.4, 0.5) is 11.4 Å². The maximum Gasteiger partial charge on any atom is 0.258 e. The molecule has 0 bridgehead atoms. The van der Waals surface area contributed by atoms with E-state index >= 15 is 0 Å². The van der Waals surface area contributed by atoms with Crippen LogP contribution in [0.15, 0.2) is 103 Å². The van der Waals surface area contributed by atoms with E-state index < -0.39 is 0 Å². The number of carbonyl (C=O) groups excluding carboxylic acids is 2. The first-order chi connectivity index (χ1) is 19.1. The smallest absolute Gasteiger partial charge is 0.258 e. The highest BCUT2D eigenvalue weighted by Gasteiger charge is 2.37. The summed E-state index contributed by atoms with van der Waals surface area (Å²) in [7, 11) is 0. The van der Waals surface area contributed by atoms with Gasteiger partial charge >= 0.3 is 0 Å². The SMILES string of the molecule is O=C(Nc1ccc(C(=O)N2CCC3(CCCNC3)Cc3ccccc32)cc1)c1ccccc1-c1ccccc1. The van der Waals surface area contributed by atoms with Crippen molar-refractivity contribution in [2.24, 2.45) is 5.41 Å². The standard InChI is InChI=1S/C34H33N3O2/c38-32(30-13-6-5-12-29(30)25-9-2-1-3-10-25)36-28-17-15-26(16-18-28)33(39)37-22-20-34(19-8-21-35-24-34)23-27-11-4-7-14-31(27)37/h1-7,9-18,35H,8,19-24H2,(H,36,38). The van der Waals surface area contributed by atoms with Crippen LogP contribution in [0.1, 0.15) is 45.5 Å². The van der Waals surface area contributed by atoms with Gasteiger partial charge in [-0.25, -0.2) is 0 Å². The van der Waals surface area contributed by atoms with Crippen LogP contribution in [0, 0.1) is 5.41 Å². The van der Waals surface area contributed by atoms with Crippen molar-refractivity contribution >= 4 is 23.2 Å².